The molecule has 1 aromatic carbocycles. The Hall–Kier alpha value is -1.92. The lowest BCUT2D eigenvalue weighted by Crippen LogP contribution is -2.61. The smallest absolute Gasteiger partial charge is 0.291 e. The SMILES string of the molecule is Fc1c(Cl)ccc2cc(NC3=NCC4(CN5CCC4CC5)O3)ncc12. The molecule has 2 aromatic rings. The molecule has 5 nitrogen and oxygen atoms in total. The molecule has 7 heteroatoms. The number of benzene rings is 1. The van der Waals surface area contributed by atoms with Gasteiger partial charge in [0.25, 0.3) is 6.02 Å². The zero-order chi connectivity index (χ0) is 17.0. The first-order valence-electron chi connectivity index (χ1n) is 8.60. The highest BCUT2D eigenvalue weighted by molar-refractivity contribution is 6.31. The molecule has 1 aromatic heterocycles. The monoisotopic (exact) mass is 360 g/mol. The minimum absolute atomic E-state index is 0.0998. The van der Waals surface area contributed by atoms with Crippen LogP contribution in [0.5, 0.6) is 0 Å². The van der Waals surface area contributed by atoms with Gasteiger partial charge < -0.3 is 4.74 Å². The summed E-state index contributed by atoms with van der Waals surface area (Å²) in [6.07, 6.45) is 3.84. The van der Waals surface area contributed by atoms with Gasteiger partial charge in [-0.3, -0.25) is 10.2 Å². The van der Waals surface area contributed by atoms with Crippen molar-refractivity contribution in [1.82, 2.24) is 9.88 Å². The van der Waals surface area contributed by atoms with Gasteiger partial charge in [-0.1, -0.05) is 17.7 Å². The first-order chi connectivity index (χ1) is 12.1. The van der Waals surface area contributed by atoms with Gasteiger partial charge in [-0.25, -0.2) is 14.4 Å². The maximum atomic E-state index is 14.0. The molecule has 4 aliphatic heterocycles. The maximum Gasteiger partial charge on any atom is 0.291 e. The lowest BCUT2D eigenvalue weighted by molar-refractivity contribution is -0.0829. The van der Waals surface area contributed by atoms with Gasteiger partial charge in [0.1, 0.15) is 11.4 Å². The van der Waals surface area contributed by atoms with Crippen LogP contribution < -0.4 is 5.32 Å². The van der Waals surface area contributed by atoms with Crippen LogP contribution in [0.3, 0.4) is 0 Å². The molecule has 0 radical (unpaired) electrons. The molecule has 2 bridgehead atoms. The average Bonchev–Trinajstić information content (AvgIpc) is 3.01. The maximum absolute atomic E-state index is 14.0. The summed E-state index contributed by atoms with van der Waals surface area (Å²) in [4.78, 5) is 11.3. The van der Waals surface area contributed by atoms with Crippen LogP contribution in [0.15, 0.2) is 29.4 Å². The summed E-state index contributed by atoms with van der Waals surface area (Å²) in [6.45, 7) is 3.97. The second kappa shape index (κ2) is 5.54. The van der Waals surface area contributed by atoms with E-state index in [1.807, 2.05) is 0 Å². The average molecular weight is 361 g/mol. The van der Waals surface area contributed by atoms with Crippen molar-refractivity contribution in [3.05, 3.63) is 35.2 Å². The van der Waals surface area contributed by atoms with Crippen molar-refractivity contribution < 1.29 is 9.13 Å². The molecule has 0 aliphatic carbocycles. The van der Waals surface area contributed by atoms with E-state index in [0.29, 0.717) is 29.7 Å². The third kappa shape index (κ3) is 2.47. The molecule has 130 valence electrons. The Morgan fingerprint density at radius 2 is 2.16 bits per heavy atom. The highest BCUT2D eigenvalue weighted by Crippen LogP contribution is 2.40. The van der Waals surface area contributed by atoms with E-state index in [-0.39, 0.29) is 10.6 Å². The Balaban J connectivity index is 1.36. The van der Waals surface area contributed by atoms with Gasteiger partial charge in [0.05, 0.1) is 11.6 Å². The Morgan fingerprint density at radius 1 is 1.32 bits per heavy atom. The minimum atomic E-state index is -0.445. The lowest BCUT2D eigenvalue weighted by atomic mass is 9.75. The van der Waals surface area contributed by atoms with E-state index in [1.165, 1.54) is 32.1 Å². The third-order valence-electron chi connectivity index (χ3n) is 5.64. The van der Waals surface area contributed by atoms with Crippen LogP contribution >= 0.6 is 11.6 Å². The molecule has 3 saturated heterocycles. The van der Waals surface area contributed by atoms with Crippen molar-refractivity contribution >= 4 is 34.2 Å². The molecule has 4 aliphatic rings. The van der Waals surface area contributed by atoms with E-state index in [1.54, 1.807) is 18.2 Å². The summed E-state index contributed by atoms with van der Waals surface area (Å²) >= 11 is 5.82. The molecule has 1 unspecified atom stereocenters. The van der Waals surface area contributed by atoms with Crippen molar-refractivity contribution in [3.8, 4) is 0 Å². The number of rotatable bonds is 1. The zero-order valence-electron chi connectivity index (χ0n) is 13.6. The van der Waals surface area contributed by atoms with E-state index in [2.05, 4.69) is 20.2 Å². The number of halogens is 2. The number of aromatic nitrogens is 1. The standard InChI is InChI=1S/C18H18ClFN4O/c19-14-2-1-11-7-15(21-8-13(11)16(14)20)23-17-22-9-18(25-17)10-24-5-3-12(18)4-6-24/h1-2,7-8,12H,3-6,9-10H2,(H,21,22,23). The molecule has 1 N–H and O–H groups in total. The van der Waals surface area contributed by atoms with E-state index in [9.17, 15) is 4.39 Å². The fraction of sp³-hybridized carbons (Fsp3) is 0.444. The Bertz CT molecular complexity index is 881. The summed E-state index contributed by atoms with van der Waals surface area (Å²) in [5.74, 6) is 0.714. The van der Waals surface area contributed by atoms with E-state index in [4.69, 9.17) is 16.3 Å². The zero-order valence-corrected chi connectivity index (χ0v) is 14.4. The number of nitrogens with one attached hydrogen (secondary N) is 1. The number of hydrogen-bond donors (Lipinski definition) is 1. The number of fused-ring (bicyclic) bond motifs is 3. The number of piperidine rings is 3. The van der Waals surface area contributed by atoms with E-state index >= 15 is 0 Å². The first kappa shape index (κ1) is 15.3. The van der Waals surface area contributed by atoms with Gasteiger partial charge in [-0.05, 0) is 43.5 Å². The van der Waals surface area contributed by atoms with Gasteiger partial charge in [-0.2, -0.15) is 0 Å². The van der Waals surface area contributed by atoms with Gasteiger partial charge in [0.2, 0.25) is 0 Å². The van der Waals surface area contributed by atoms with Crippen molar-refractivity contribution in [3.63, 3.8) is 0 Å². The predicted molar refractivity (Wildman–Crippen MR) is 95.6 cm³/mol. The van der Waals surface area contributed by atoms with Crippen LogP contribution in [0.25, 0.3) is 10.8 Å². The predicted octanol–water partition coefficient (Wildman–Crippen LogP) is 3.29. The Kier molecular flexibility index (Phi) is 3.40. The summed E-state index contributed by atoms with van der Waals surface area (Å²) in [6, 6.07) is 5.62. The quantitative estimate of drug-likeness (QED) is 0.847. The number of aliphatic imine (C=N–C) groups is 1. The summed E-state index contributed by atoms with van der Waals surface area (Å²) < 4.78 is 20.3. The van der Waals surface area contributed by atoms with Crippen molar-refractivity contribution in [2.75, 3.05) is 31.5 Å². The number of hydrogen-bond acceptors (Lipinski definition) is 5. The molecular weight excluding hydrogens is 343 g/mol. The largest absolute Gasteiger partial charge is 0.455 e. The molecule has 1 spiro atoms. The second-order valence-electron chi connectivity index (χ2n) is 7.12. The van der Waals surface area contributed by atoms with Crippen LogP contribution in [0.1, 0.15) is 12.8 Å². The number of nitrogens with zero attached hydrogens (tertiary/aromatic N) is 3. The van der Waals surface area contributed by atoms with Gasteiger partial charge >= 0.3 is 0 Å². The molecule has 0 amide bonds. The van der Waals surface area contributed by atoms with E-state index in [0.717, 1.165) is 11.9 Å². The fourth-order valence-corrected chi connectivity index (χ4v) is 4.45. The van der Waals surface area contributed by atoms with Gasteiger partial charge in [0.15, 0.2) is 5.82 Å². The van der Waals surface area contributed by atoms with Crippen LogP contribution in [0, 0.1) is 11.7 Å². The summed E-state index contributed by atoms with van der Waals surface area (Å²) in [5, 5.41) is 4.38. The number of pyridine rings is 1. The third-order valence-corrected chi connectivity index (χ3v) is 5.93. The van der Waals surface area contributed by atoms with Gasteiger partial charge in [-0.15, -0.1) is 0 Å². The second-order valence-corrected chi connectivity index (χ2v) is 7.52. The molecule has 25 heavy (non-hydrogen) atoms. The highest BCUT2D eigenvalue weighted by Gasteiger charge is 2.51. The van der Waals surface area contributed by atoms with Crippen LogP contribution in [-0.4, -0.2) is 47.7 Å². The van der Waals surface area contributed by atoms with Crippen molar-refractivity contribution in [2.45, 2.75) is 18.4 Å². The minimum Gasteiger partial charge on any atom is -0.455 e. The molecule has 1 atom stereocenters. The van der Waals surface area contributed by atoms with Crippen LogP contribution in [-0.2, 0) is 4.74 Å². The summed E-state index contributed by atoms with van der Waals surface area (Å²) in [5.41, 5.74) is -0.185. The van der Waals surface area contributed by atoms with Crippen LogP contribution in [0.2, 0.25) is 5.02 Å². The normalized spacial score (nSPS) is 30.6. The molecular formula is C18H18ClFN4O. The van der Waals surface area contributed by atoms with Crippen molar-refractivity contribution in [1.29, 1.82) is 0 Å². The topological polar surface area (TPSA) is 49.8 Å². The number of ether oxygens (including phenoxy) is 1. The highest BCUT2D eigenvalue weighted by atomic mass is 35.5. The Labute approximate surface area is 149 Å². The Morgan fingerprint density at radius 3 is 2.92 bits per heavy atom. The van der Waals surface area contributed by atoms with Crippen molar-refractivity contribution in [2.24, 2.45) is 10.9 Å². The summed E-state index contributed by atoms with van der Waals surface area (Å²) in [7, 11) is 0. The van der Waals surface area contributed by atoms with Gasteiger partial charge in [0, 0.05) is 24.0 Å². The number of anilines is 1. The molecule has 0 saturated carbocycles. The fourth-order valence-electron chi connectivity index (χ4n) is 4.28. The molecule has 5 heterocycles. The molecule has 6 rings (SSSR count). The lowest BCUT2D eigenvalue weighted by Gasteiger charge is -2.50. The van der Waals surface area contributed by atoms with E-state index < -0.39 is 5.82 Å². The first-order valence-corrected chi connectivity index (χ1v) is 8.97. The van der Waals surface area contributed by atoms with Crippen LogP contribution in [0.4, 0.5) is 10.2 Å². The molecule has 3 fully saturated rings. The number of amidine groups is 1.